The second-order valence-corrected chi connectivity index (χ2v) is 24.9. The third-order valence-corrected chi connectivity index (χ3v) is 16.9. The maximum Gasteiger partial charge on any atom is 0.305 e. The highest BCUT2D eigenvalue weighted by Crippen LogP contribution is 2.18. The monoisotopic (exact) mass is 1140 g/mol. The van der Waals surface area contributed by atoms with E-state index in [1.54, 1.807) is 0 Å². The Morgan fingerprint density at radius 2 is 0.617 bits per heavy atom. The first-order chi connectivity index (χ1) is 40.0. The highest BCUT2D eigenvalue weighted by Gasteiger charge is 2.20. The molecule has 3 N–H and O–H groups in total. The average Bonchev–Trinajstić information content (AvgIpc) is 3.47. The summed E-state index contributed by atoms with van der Waals surface area (Å²) in [5.74, 6) is -0.0416. The van der Waals surface area contributed by atoms with Crippen molar-refractivity contribution in [2.45, 2.75) is 405 Å². The fourth-order valence-electron chi connectivity index (χ4n) is 11.3. The van der Waals surface area contributed by atoms with E-state index in [1.165, 1.54) is 295 Å². The topological polar surface area (TPSA) is 95.9 Å². The van der Waals surface area contributed by atoms with Gasteiger partial charge in [-0.15, -0.1) is 0 Å². The van der Waals surface area contributed by atoms with Gasteiger partial charge in [-0.25, -0.2) is 0 Å². The number of rotatable bonds is 68. The van der Waals surface area contributed by atoms with Crippen LogP contribution in [-0.2, 0) is 14.3 Å². The van der Waals surface area contributed by atoms with E-state index in [2.05, 4.69) is 67.8 Å². The summed E-state index contributed by atoms with van der Waals surface area (Å²) in [7, 11) is 0. The van der Waals surface area contributed by atoms with Crippen LogP contribution in [0.3, 0.4) is 0 Å². The van der Waals surface area contributed by atoms with Crippen LogP contribution in [0.15, 0.2) is 48.6 Å². The molecule has 1 amide bonds. The van der Waals surface area contributed by atoms with Crippen molar-refractivity contribution in [1.82, 2.24) is 5.32 Å². The number of carbonyl (C=O) groups is 2. The Kier molecular flexibility index (Phi) is 68.4. The molecule has 0 fully saturated rings. The Balaban J connectivity index is 3.44. The molecule has 81 heavy (non-hydrogen) atoms. The van der Waals surface area contributed by atoms with Crippen LogP contribution in [0.4, 0.5) is 0 Å². The molecule has 0 aromatic rings. The predicted octanol–water partition coefficient (Wildman–Crippen LogP) is 23.6. The molecule has 0 saturated heterocycles. The van der Waals surface area contributed by atoms with Gasteiger partial charge in [0.05, 0.1) is 25.4 Å². The van der Waals surface area contributed by atoms with Crippen LogP contribution in [-0.4, -0.2) is 47.4 Å². The number of esters is 1. The first-order valence-electron chi connectivity index (χ1n) is 36.4. The number of aliphatic hydroxyl groups excluding tert-OH is 2. The minimum Gasteiger partial charge on any atom is -0.466 e. The molecule has 0 radical (unpaired) electrons. The molecular weight excluding hydrogens is 995 g/mol. The second kappa shape index (κ2) is 70.3. The lowest BCUT2D eigenvalue weighted by atomic mass is 10.0. The van der Waals surface area contributed by atoms with Crippen LogP contribution in [0.25, 0.3) is 0 Å². The Bertz CT molecular complexity index is 1360. The zero-order valence-corrected chi connectivity index (χ0v) is 54.5. The highest BCUT2D eigenvalue weighted by atomic mass is 16.5. The summed E-state index contributed by atoms with van der Waals surface area (Å²) in [5, 5.41) is 23.4. The predicted molar refractivity (Wildman–Crippen MR) is 356 cm³/mol. The summed E-state index contributed by atoms with van der Waals surface area (Å²) in [6.07, 6.45) is 91.6. The molecule has 0 heterocycles. The fraction of sp³-hybridized carbons (Fsp3) is 0.867. The highest BCUT2D eigenvalue weighted by molar-refractivity contribution is 5.76. The molecule has 0 aromatic heterocycles. The molecule has 0 aliphatic rings. The van der Waals surface area contributed by atoms with Crippen molar-refractivity contribution in [3.05, 3.63) is 48.6 Å². The van der Waals surface area contributed by atoms with E-state index in [0.29, 0.717) is 25.9 Å². The molecule has 476 valence electrons. The van der Waals surface area contributed by atoms with Gasteiger partial charge in [0.15, 0.2) is 0 Å². The summed E-state index contributed by atoms with van der Waals surface area (Å²) in [4.78, 5) is 24.7. The smallest absolute Gasteiger partial charge is 0.305 e. The Hall–Kier alpha value is -2.18. The number of amides is 1. The Morgan fingerprint density at radius 3 is 0.951 bits per heavy atom. The third-order valence-electron chi connectivity index (χ3n) is 16.9. The van der Waals surface area contributed by atoms with Crippen molar-refractivity contribution >= 4 is 11.9 Å². The molecule has 6 heteroatoms. The van der Waals surface area contributed by atoms with E-state index in [0.717, 1.165) is 64.2 Å². The van der Waals surface area contributed by atoms with Crippen LogP contribution in [0.1, 0.15) is 393 Å². The lowest BCUT2D eigenvalue weighted by Gasteiger charge is -2.22. The van der Waals surface area contributed by atoms with Gasteiger partial charge in [0, 0.05) is 12.8 Å². The van der Waals surface area contributed by atoms with E-state index in [9.17, 15) is 19.8 Å². The van der Waals surface area contributed by atoms with Crippen LogP contribution in [0.2, 0.25) is 0 Å². The van der Waals surface area contributed by atoms with Crippen molar-refractivity contribution in [3.8, 4) is 0 Å². The van der Waals surface area contributed by atoms with Gasteiger partial charge in [-0.05, 0) is 89.9 Å². The number of ether oxygens (including phenoxy) is 1. The summed E-state index contributed by atoms with van der Waals surface area (Å²) in [5.41, 5.74) is 0. The molecular formula is C75H141NO5. The average molecular weight is 1140 g/mol. The van der Waals surface area contributed by atoms with Gasteiger partial charge in [-0.3, -0.25) is 9.59 Å². The summed E-state index contributed by atoms with van der Waals surface area (Å²) in [6.45, 7) is 4.96. The minimum atomic E-state index is -0.673. The van der Waals surface area contributed by atoms with Crippen molar-refractivity contribution in [3.63, 3.8) is 0 Å². The molecule has 0 aliphatic heterocycles. The van der Waals surface area contributed by atoms with E-state index >= 15 is 0 Å². The van der Waals surface area contributed by atoms with Gasteiger partial charge in [0.1, 0.15) is 0 Å². The fourth-order valence-corrected chi connectivity index (χ4v) is 11.3. The number of hydrogen-bond acceptors (Lipinski definition) is 5. The largest absolute Gasteiger partial charge is 0.466 e. The maximum absolute atomic E-state index is 12.6. The number of allylic oxidation sites excluding steroid dienone is 8. The number of hydrogen-bond donors (Lipinski definition) is 3. The van der Waals surface area contributed by atoms with Gasteiger partial charge in [0.2, 0.25) is 5.91 Å². The molecule has 0 bridgehead atoms. The summed E-state index contributed by atoms with van der Waals surface area (Å²) in [6, 6.07) is -0.552. The van der Waals surface area contributed by atoms with E-state index in [-0.39, 0.29) is 18.5 Å². The lowest BCUT2D eigenvalue weighted by molar-refractivity contribution is -0.143. The molecule has 6 nitrogen and oxygen atoms in total. The number of carbonyl (C=O) groups excluding carboxylic acids is 2. The number of aliphatic hydroxyl groups is 2. The van der Waals surface area contributed by atoms with Gasteiger partial charge >= 0.3 is 5.97 Å². The lowest BCUT2D eigenvalue weighted by Crippen LogP contribution is -2.45. The van der Waals surface area contributed by atoms with Crippen molar-refractivity contribution in [1.29, 1.82) is 0 Å². The quantitative estimate of drug-likeness (QED) is 0.0320. The molecule has 0 rings (SSSR count). The summed E-state index contributed by atoms with van der Waals surface area (Å²) >= 11 is 0. The zero-order valence-electron chi connectivity index (χ0n) is 54.5. The van der Waals surface area contributed by atoms with Crippen LogP contribution < -0.4 is 5.32 Å². The number of unbranched alkanes of at least 4 members (excludes halogenated alkanes) is 49. The summed E-state index contributed by atoms with van der Waals surface area (Å²) < 4.78 is 5.49. The van der Waals surface area contributed by atoms with Gasteiger partial charge in [-0.1, -0.05) is 339 Å². The van der Waals surface area contributed by atoms with Gasteiger partial charge in [-0.2, -0.15) is 0 Å². The van der Waals surface area contributed by atoms with Crippen molar-refractivity contribution in [2.75, 3.05) is 13.2 Å². The second-order valence-electron chi connectivity index (χ2n) is 24.9. The molecule has 2 unspecified atom stereocenters. The third kappa shape index (κ3) is 66.8. The first kappa shape index (κ1) is 78.8. The van der Waals surface area contributed by atoms with Gasteiger partial charge in [0.25, 0.3) is 0 Å². The standard InChI is InChI=1S/C75H141NO5/c1-3-5-7-9-11-13-15-17-19-21-23-24-26-29-32-35-39-43-47-51-55-59-63-67-73(78)72(71-77)76-74(79)68-64-60-56-52-48-44-40-36-33-30-27-25-28-31-34-38-42-46-50-54-58-62-66-70-81-75(80)69-65-61-57-53-49-45-41-37-22-20-18-16-14-12-10-8-6-4-2/h14,16,20,22,25,28,30,33,72-73,77-78H,3-13,15,17-19,21,23-24,26-27,29,31-32,34-71H2,1-2H3,(H,76,79)/b16-14-,22-20-,28-25-,33-30-. The van der Waals surface area contributed by atoms with Crippen LogP contribution in [0, 0.1) is 0 Å². The molecule has 0 spiro atoms. The van der Waals surface area contributed by atoms with E-state index in [4.69, 9.17) is 4.74 Å². The Morgan fingerprint density at radius 1 is 0.346 bits per heavy atom. The van der Waals surface area contributed by atoms with Crippen LogP contribution >= 0.6 is 0 Å². The molecule has 0 aromatic carbocycles. The maximum atomic E-state index is 12.6. The van der Waals surface area contributed by atoms with Gasteiger partial charge < -0.3 is 20.3 Å². The number of nitrogens with one attached hydrogen (secondary N) is 1. The van der Waals surface area contributed by atoms with E-state index in [1.807, 2.05) is 0 Å². The van der Waals surface area contributed by atoms with E-state index < -0.39 is 12.1 Å². The minimum absolute atomic E-state index is 0.000219. The zero-order chi connectivity index (χ0) is 58.5. The molecule has 0 saturated carbocycles. The Labute approximate surface area is 506 Å². The van der Waals surface area contributed by atoms with Crippen molar-refractivity contribution < 1.29 is 24.5 Å². The van der Waals surface area contributed by atoms with Crippen molar-refractivity contribution in [2.24, 2.45) is 0 Å². The SMILES string of the molecule is CCCCCC/C=C\C/C=C\CCCCCCCCCC(=O)OCCCCCCCCCCC/C=C\C/C=C\CCCCCCCCCC(=O)NC(CO)C(O)CCCCCCCCCCCCCCCCCCCCCCCCC. The molecule has 2 atom stereocenters. The van der Waals surface area contributed by atoms with Crippen LogP contribution in [0.5, 0.6) is 0 Å². The molecule has 0 aliphatic carbocycles. The first-order valence-corrected chi connectivity index (χ1v) is 36.4. The normalized spacial score (nSPS) is 12.8.